The molecule has 0 amide bonds. The number of carbonyl (C=O) groups is 1. The van der Waals surface area contributed by atoms with Crippen LogP contribution in [0.4, 0.5) is 0 Å². The van der Waals surface area contributed by atoms with Gasteiger partial charge in [0.2, 0.25) is 0 Å². The molecule has 1 aromatic rings. The van der Waals surface area contributed by atoms with E-state index in [9.17, 15) is 4.79 Å². The smallest absolute Gasteiger partial charge is 0.347 e. The monoisotopic (exact) mass is 213 g/mol. The molecular formula is C10H15NO2S. The van der Waals surface area contributed by atoms with Gasteiger partial charge in [-0.2, -0.15) is 0 Å². The maximum Gasteiger partial charge on any atom is 0.347 e. The van der Waals surface area contributed by atoms with Crippen LogP contribution in [-0.4, -0.2) is 16.1 Å². The van der Waals surface area contributed by atoms with Crippen LogP contribution >= 0.6 is 11.3 Å². The first-order valence-electron chi connectivity index (χ1n) is 4.67. The molecule has 1 aromatic heterocycles. The minimum absolute atomic E-state index is 0.171. The molecule has 0 saturated heterocycles. The molecule has 78 valence electrons. The van der Waals surface area contributed by atoms with Crippen LogP contribution < -0.4 is 0 Å². The first-order valence-corrected chi connectivity index (χ1v) is 5.49. The highest BCUT2D eigenvalue weighted by Gasteiger charge is 2.20. The molecule has 0 aromatic carbocycles. The summed E-state index contributed by atoms with van der Waals surface area (Å²) < 4.78 is 0. The zero-order valence-electron chi connectivity index (χ0n) is 8.87. The minimum Gasteiger partial charge on any atom is -0.477 e. The van der Waals surface area contributed by atoms with E-state index in [0.29, 0.717) is 16.5 Å². The van der Waals surface area contributed by atoms with Gasteiger partial charge in [0.25, 0.3) is 0 Å². The number of nitrogens with zero attached hydrogens (tertiary/aromatic N) is 1. The Labute approximate surface area is 87.8 Å². The van der Waals surface area contributed by atoms with Crippen molar-refractivity contribution in [2.24, 2.45) is 0 Å². The molecule has 0 radical (unpaired) electrons. The van der Waals surface area contributed by atoms with Gasteiger partial charge in [-0.1, -0.05) is 27.7 Å². The van der Waals surface area contributed by atoms with Gasteiger partial charge in [-0.25, -0.2) is 9.78 Å². The van der Waals surface area contributed by atoms with E-state index in [1.165, 1.54) is 11.3 Å². The van der Waals surface area contributed by atoms with Gasteiger partial charge in [0.15, 0.2) is 0 Å². The van der Waals surface area contributed by atoms with Crippen LogP contribution in [0.1, 0.15) is 59.9 Å². The van der Waals surface area contributed by atoms with Crippen LogP contribution in [0.3, 0.4) is 0 Å². The van der Waals surface area contributed by atoms with E-state index in [2.05, 4.69) is 4.98 Å². The molecule has 14 heavy (non-hydrogen) atoms. The second-order valence-corrected chi connectivity index (χ2v) is 4.91. The lowest BCUT2D eigenvalue weighted by molar-refractivity contribution is 0.0700. The summed E-state index contributed by atoms with van der Waals surface area (Å²) in [5, 5.41) is 9.89. The first-order chi connectivity index (χ1) is 6.43. The van der Waals surface area contributed by atoms with Gasteiger partial charge >= 0.3 is 5.97 Å². The largest absolute Gasteiger partial charge is 0.477 e. The van der Waals surface area contributed by atoms with Crippen LogP contribution in [0.5, 0.6) is 0 Å². The van der Waals surface area contributed by atoms with E-state index in [0.717, 1.165) is 5.01 Å². The summed E-state index contributed by atoms with van der Waals surface area (Å²) in [6.07, 6.45) is 0. The lowest BCUT2D eigenvalue weighted by Crippen LogP contribution is -2.00. The molecule has 0 aliphatic rings. The molecule has 4 heteroatoms. The number of hydrogen-bond donors (Lipinski definition) is 1. The predicted octanol–water partition coefficient (Wildman–Crippen LogP) is 3.09. The lowest BCUT2D eigenvalue weighted by atomic mass is 10.1. The Kier molecular flexibility index (Phi) is 3.26. The third-order valence-corrected chi connectivity index (χ3v) is 3.26. The number of hydrogen-bond acceptors (Lipinski definition) is 3. The molecule has 1 rings (SSSR count). The molecule has 0 fully saturated rings. The molecule has 0 unspecified atom stereocenters. The van der Waals surface area contributed by atoms with Gasteiger partial charge in [-0.3, -0.25) is 0 Å². The van der Waals surface area contributed by atoms with Crippen molar-refractivity contribution in [2.45, 2.75) is 39.5 Å². The van der Waals surface area contributed by atoms with E-state index >= 15 is 0 Å². The Balaban J connectivity index is 3.19. The van der Waals surface area contributed by atoms with Crippen molar-refractivity contribution in [1.29, 1.82) is 0 Å². The second-order valence-electron chi connectivity index (χ2n) is 3.88. The highest BCUT2D eigenvalue weighted by atomic mass is 32.1. The van der Waals surface area contributed by atoms with Gasteiger partial charge in [-0.05, 0) is 5.92 Å². The molecule has 0 saturated carbocycles. The minimum atomic E-state index is -0.863. The van der Waals surface area contributed by atoms with Crippen LogP contribution in [0.15, 0.2) is 0 Å². The normalized spacial score (nSPS) is 11.3. The van der Waals surface area contributed by atoms with Crippen LogP contribution in [0.2, 0.25) is 0 Å². The number of carboxylic acids is 1. The van der Waals surface area contributed by atoms with E-state index < -0.39 is 5.97 Å². The van der Waals surface area contributed by atoms with Crippen LogP contribution in [0, 0.1) is 0 Å². The Morgan fingerprint density at radius 3 is 2.14 bits per heavy atom. The van der Waals surface area contributed by atoms with Crippen molar-refractivity contribution >= 4 is 17.3 Å². The fourth-order valence-corrected chi connectivity index (χ4v) is 2.20. The van der Waals surface area contributed by atoms with Crippen LogP contribution in [0.25, 0.3) is 0 Å². The highest BCUT2D eigenvalue weighted by molar-refractivity contribution is 7.13. The number of aromatic nitrogens is 1. The van der Waals surface area contributed by atoms with Gasteiger partial charge in [0, 0.05) is 5.92 Å². The SMILES string of the molecule is CC(C)c1nc(C(C)C)c(C(=O)O)s1. The van der Waals surface area contributed by atoms with Gasteiger partial charge in [0.1, 0.15) is 4.88 Å². The summed E-state index contributed by atoms with van der Waals surface area (Å²) in [6.45, 7) is 7.97. The van der Waals surface area contributed by atoms with E-state index in [1.54, 1.807) is 0 Å². The highest BCUT2D eigenvalue weighted by Crippen LogP contribution is 2.29. The Bertz CT molecular complexity index is 342. The molecule has 0 aliphatic carbocycles. The molecule has 0 atom stereocenters. The number of thiazole rings is 1. The van der Waals surface area contributed by atoms with Crippen molar-refractivity contribution in [1.82, 2.24) is 4.98 Å². The van der Waals surface area contributed by atoms with Gasteiger partial charge < -0.3 is 5.11 Å². The molecule has 0 spiro atoms. The third-order valence-electron chi connectivity index (χ3n) is 1.90. The number of aromatic carboxylic acids is 1. The van der Waals surface area contributed by atoms with E-state index in [-0.39, 0.29) is 5.92 Å². The van der Waals surface area contributed by atoms with Crippen molar-refractivity contribution < 1.29 is 9.90 Å². The summed E-state index contributed by atoms with van der Waals surface area (Å²) in [7, 11) is 0. The van der Waals surface area contributed by atoms with E-state index in [4.69, 9.17) is 5.11 Å². The van der Waals surface area contributed by atoms with Gasteiger partial charge in [0.05, 0.1) is 10.7 Å². The zero-order valence-corrected chi connectivity index (χ0v) is 9.68. The van der Waals surface area contributed by atoms with Crippen molar-refractivity contribution in [3.05, 3.63) is 15.6 Å². The maximum absolute atomic E-state index is 10.9. The summed E-state index contributed by atoms with van der Waals surface area (Å²) in [6, 6.07) is 0. The topological polar surface area (TPSA) is 50.2 Å². The second kappa shape index (κ2) is 4.09. The maximum atomic E-state index is 10.9. The summed E-state index contributed by atoms with van der Waals surface area (Å²) in [5.74, 6) is -0.395. The van der Waals surface area contributed by atoms with Crippen molar-refractivity contribution in [3.8, 4) is 0 Å². The molecule has 0 bridgehead atoms. The Morgan fingerprint density at radius 2 is 1.86 bits per heavy atom. The standard InChI is InChI=1S/C10H15NO2S/c1-5(2)7-8(10(12)13)14-9(11-7)6(3)4/h5-6H,1-4H3,(H,12,13). The van der Waals surface area contributed by atoms with Crippen LogP contribution in [-0.2, 0) is 0 Å². The molecule has 3 nitrogen and oxygen atoms in total. The summed E-state index contributed by atoms with van der Waals surface area (Å²) in [5.41, 5.74) is 0.714. The molecule has 0 aliphatic heterocycles. The Morgan fingerprint density at radius 1 is 1.29 bits per heavy atom. The molecular weight excluding hydrogens is 198 g/mol. The summed E-state index contributed by atoms with van der Waals surface area (Å²) in [4.78, 5) is 15.7. The lowest BCUT2D eigenvalue weighted by Gasteiger charge is -2.00. The fourth-order valence-electron chi connectivity index (χ4n) is 1.14. The van der Waals surface area contributed by atoms with E-state index in [1.807, 2.05) is 27.7 Å². The zero-order chi connectivity index (χ0) is 10.9. The Hall–Kier alpha value is -0.900. The number of rotatable bonds is 3. The average Bonchev–Trinajstić information content (AvgIpc) is 2.47. The predicted molar refractivity (Wildman–Crippen MR) is 57.3 cm³/mol. The third kappa shape index (κ3) is 2.12. The number of carboxylic acid groups (broad SMARTS) is 1. The fraction of sp³-hybridized carbons (Fsp3) is 0.600. The first kappa shape index (κ1) is 11.2. The van der Waals surface area contributed by atoms with Gasteiger partial charge in [-0.15, -0.1) is 11.3 Å². The average molecular weight is 213 g/mol. The van der Waals surface area contributed by atoms with Crippen molar-refractivity contribution in [3.63, 3.8) is 0 Å². The van der Waals surface area contributed by atoms with Crippen molar-refractivity contribution in [2.75, 3.05) is 0 Å². The molecule has 1 N–H and O–H groups in total. The molecule has 1 heterocycles. The quantitative estimate of drug-likeness (QED) is 0.839. The summed E-state index contributed by atoms with van der Waals surface area (Å²) >= 11 is 1.29.